The predicted molar refractivity (Wildman–Crippen MR) is 69.2 cm³/mol. The van der Waals surface area contributed by atoms with E-state index in [1.54, 1.807) is 11.3 Å². The topological polar surface area (TPSA) is 50.7 Å². The van der Waals surface area contributed by atoms with Crippen molar-refractivity contribution in [2.45, 2.75) is 6.54 Å². The molecule has 16 heavy (non-hydrogen) atoms. The molecule has 0 spiro atoms. The van der Waals surface area contributed by atoms with Gasteiger partial charge in [-0.3, -0.25) is 0 Å². The van der Waals surface area contributed by atoms with Crippen molar-refractivity contribution in [2.24, 2.45) is 0 Å². The molecule has 0 saturated heterocycles. The minimum Gasteiger partial charge on any atom is -0.362 e. The second-order valence-electron chi connectivity index (χ2n) is 2.77. The third-order valence-electron chi connectivity index (χ3n) is 1.73. The van der Waals surface area contributed by atoms with Gasteiger partial charge in [0.15, 0.2) is 11.0 Å². The zero-order valence-corrected chi connectivity index (χ0v) is 11.7. The lowest BCUT2D eigenvalue weighted by atomic mass is 10.4. The minimum absolute atomic E-state index is 0.0668. The zero-order valence-electron chi connectivity index (χ0n) is 7.75. The van der Waals surface area contributed by atoms with Gasteiger partial charge in [-0.05, 0) is 39.0 Å². The Morgan fingerprint density at radius 2 is 2.19 bits per heavy atom. The highest BCUT2D eigenvalue weighted by Gasteiger charge is 2.07. The highest BCUT2D eigenvalue weighted by Crippen LogP contribution is 2.24. The summed E-state index contributed by atoms with van der Waals surface area (Å²) in [6.45, 7) is 0.604. The second-order valence-corrected chi connectivity index (χ2v) is 5.32. The predicted octanol–water partition coefficient (Wildman–Crippen LogP) is 3.61. The molecule has 2 aromatic heterocycles. The maximum Gasteiger partial charge on any atom is 0.245 e. The molecule has 2 aromatic rings. The lowest BCUT2D eigenvalue weighted by Crippen LogP contribution is -2.03. The summed E-state index contributed by atoms with van der Waals surface area (Å²) in [6.07, 6.45) is 0. The Kier molecular flexibility index (Phi) is 3.96. The van der Waals surface area contributed by atoms with Crippen LogP contribution in [0.25, 0.3) is 0 Å². The Bertz CT molecular complexity index is 505. The molecule has 1 N–H and O–H groups in total. The van der Waals surface area contributed by atoms with E-state index in [4.69, 9.17) is 23.2 Å². The van der Waals surface area contributed by atoms with Gasteiger partial charge in [0.25, 0.3) is 0 Å². The molecule has 2 heterocycles. The van der Waals surface area contributed by atoms with E-state index in [0.717, 1.165) is 9.35 Å². The van der Waals surface area contributed by atoms with Crippen LogP contribution in [0.4, 0.5) is 5.82 Å². The molecule has 8 heteroatoms. The summed E-state index contributed by atoms with van der Waals surface area (Å²) in [5, 5.41) is 12.5. The first-order chi connectivity index (χ1) is 7.66. The van der Waals surface area contributed by atoms with Crippen molar-refractivity contribution in [2.75, 3.05) is 5.32 Å². The molecule has 0 aliphatic heterocycles. The number of thiophene rings is 1. The highest BCUT2D eigenvalue weighted by molar-refractivity contribution is 9.10. The van der Waals surface area contributed by atoms with Crippen LogP contribution in [0.3, 0.4) is 0 Å². The van der Waals surface area contributed by atoms with Crippen molar-refractivity contribution in [1.29, 1.82) is 0 Å². The molecule has 0 aliphatic rings. The summed E-state index contributed by atoms with van der Waals surface area (Å²) in [4.78, 5) is 5.08. The van der Waals surface area contributed by atoms with Crippen LogP contribution in [-0.2, 0) is 6.54 Å². The van der Waals surface area contributed by atoms with E-state index < -0.39 is 0 Å². The molecule has 0 atom stereocenters. The summed E-state index contributed by atoms with van der Waals surface area (Å²) < 4.78 is 1.05. The quantitative estimate of drug-likeness (QED) is 0.927. The molecule has 0 saturated carbocycles. The number of hydrogen-bond acceptors (Lipinski definition) is 5. The maximum atomic E-state index is 5.81. The standard InChI is InChI=1S/C8H5BrCl2N4S/c9-4-1-2-16-5(4)3-12-7-6(10)14-15-8(11)13-7/h1-2H,3H2,(H,12,13,15). The summed E-state index contributed by atoms with van der Waals surface area (Å²) in [7, 11) is 0. The molecule has 0 bridgehead atoms. The van der Waals surface area contributed by atoms with E-state index in [1.165, 1.54) is 0 Å². The summed E-state index contributed by atoms with van der Waals surface area (Å²) in [6, 6.07) is 1.98. The van der Waals surface area contributed by atoms with Gasteiger partial charge in [0.1, 0.15) is 0 Å². The van der Waals surface area contributed by atoms with E-state index in [2.05, 4.69) is 36.4 Å². The van der Waals surface area contributed by atoms with Gasteiger partial charge in [0.2, 0.25) is 5.28 Å². The normalized spacial score (nSPS) is 10.4. The van der Waals surface area contributed by atoms with Crippen LogP contribution < -0.4 is 5.32 Å². The van der Waals surface area contributed by atoms with Gasteiger partial charge in [-0.15, -0.1) is 21.5 Å². The molecule has 0 aromatic carbocycles. The monoisotopic (exact) mass is 338 g/mol. The zero-order chi connectivity index (χ0) is 11.5. The summed E-state index contributed by atoms with van der Waals surface area (Å²) >= 11 is 16.5. The molecule has 4 nitrogen and oxygen atoms in total. The fourth-order valence-electron chi connectivity index (χ4n) is 1.02. The average molecular weight is 340 g/mol. The SMILES string of the molecule is Clc1nnc(Cl)c(NCc2sccc2Br)n1. The Labute approximate surface area is 114 Å². The third-order valence-corrected chi connectivity index (χ3v) is 4.07. The minimum atomic E-state index is 0.0668. The van der Waals surface area contributed by atoms with E-state index in [1.807, 2.05) is 11.4 Å². The van der Waals surface area contributed by atoms with Crippen molar-refractivity contribution in [3.05, 3.63) is 31.2 Å². The average Bonchev–Trinajstić information content (AvgIpc) is 2.66. The van der Waals surface area contributed by atoms with Crippen LogP contribution in [0, 0.1) is 0 Å². The molecule has 0 unspecified atom stereocenters. The van der Waals surface area contributed by atoms with Gasteiger partial charge < -0.3 is 5.32 Å². The second kappa shape index (κ2) is 5.27. The number of aromatic nitrogens is 3. The van der Waals surface area contributed by atoms with E-state index in [9.17, 15) is 0 Å². The smallest absolute Gasteiger partial charge is 0.245 e. The number of anilines is 1. The molecule has 0 fully saturated rings. The first kappa shape index (κ1) is 12.0. The van der Waals surface area contributed by atoms with Crippen molar-refractivity contribution in [3.63, 3.8) is 0 Å². The molecular weight excluding hydrogens is 335 g/mol. The molecular formula is C8H5BrCl2N4S. The lowest BCUT2D eigenvalue weighted by molar-refractivity contribution is 0.960. The van der Waals surface area contributed by atoms with Crippen molar-refractivity contribution >= 4 is 56.3 Å². The van der Waals surface area contributed by atoms with Crippen molar-refractivity contribution in [1.82, 2.24) is 15.2 Å². The van der Waals surface area contributed by atoms with Crippen molar-refractivity contribution < 1.29 is 0 Å². The highest BCUT2D eigenvalue weighted by atomic mass is 79.9. The molecule has 0 radical (unpaired) electrons. The van der Waals surface area contributed by atoms with Crippen LogP contribution in [0.2, 0.25) is 10.4 Å². The van der Waals surface area contributed by atoms with Gasteiger partial charge in [-0.25, -0.2) is 0 Å². The Balaban J connectivity index is 2.10. The van der Waals surface area contributed by atoms with Gasteiger partial charge in [0, 0.05) is 9.35 Å². The molecule has 2 rings (SSSR count). The third kappa shape index (κ3) is 2.82. The van der Waals surface area contributed by atoms with Gasteiger partial charge in [0.05, 0.1) is 6.54 Å². The Morgan fingerprint density at radius 3 is 2.88 bits per heavy atom. The van der Waals surface area contributed by atoms with E-state index in [-0.39, 0.29) is 10.4 Å². The van der Waals surface area contributed by atoms with Crippen LogP contribution in [0.5, 0.6) is 0 Å². The summed E-state index contributed by atoms with van der Waals surface area (Å²) in [5.41, 5.74) is 0. The number of halogens is 3. The molecule has 84 valence electrons. The molecule has 0 aliphatic carbocycles. The van der Waals surface area contributed by atoms with Gasteiger partial charge in [-0.2, -0.15) is 4.98 Å². The fraction of sp³-hybridized carbons (Fsp3) is 0.125. The largest absolute Gasteiger partial charge is 0.362 e. The summed E-state index contributed by atoms with van der Waals surface area (Å²) in [5.74, 6) is 0.432. The number of rotatable bonds is 3. The van der Waals surface area contributed by atoms with Crippen LogP contribution in [-0.4, -0.2) is 15.2 Å². The Hall–Kier alpha value is -0.430. The van der Waals surface area contributed by atoms with Crippen LogP contribution in [0.1, 0.15) is 4.88 Å². The Morgan fingerprint density at radius 1 is 1.38 bits per heavy atom. The molecule has 0 amide bonds. The lowest BCUT2D eigenvalue weighted by Gasteiger charge is -2.05. The van der Waals surface area contributed by atoms with Crippen LogP contribution in [0.15, 0.2) is 15.9 Å². The first-order valence-electron chi connectivity index (χ1n) is 4.18. The van der Waals surface area contributed by atoms with Crippen LogP contribution >= 0.6 is 50.5 Å². The maximum absolute atomic E-state index is 5.81. The number of nitrogens with zero attached hydrogens (tertiary/aromatic N) is 3. The van der Waals surface area contributed by atoms with Gasteiger partial charge >= 0.3 is 0 Å². The number of hydrogen-bond donors (Lipinski definition) is 1. The first-order valence-corrected chi connectivity index (χ1v) is 6.61. The van der Waals surface area contributed by atoms with E-state index >= 15 is 0 Å². The fourth-order valence-corrected chi connectivity index (χ4v) is 2.72. The van der Waals surface area contributed by atoms with Gasteiger partial charge in [-0.1, -0.05) is 11.6 Å². The van der Waals surface area contributed by atoms with Crippen molar-refractivity contribution in [3.8, 4) is 0 Å². The number of nitrogens with one attached hydrogen (secondary N) is 1. The van der Waals surface area contributed by atoms with E-state index in [0.29, 0.717) is 12.4 Å².